The molecular formula is C30H30O2. The van der Waals surface area contributed by atoms with Gasteiger partial charge in [0, 0.05) is 0 Å². The van der Waals surface area contributed by atoms with Gasteiger partial charge in [0.15, 0.2) is 0 Å². The van der Waals surface area contributed by atoms with Crippen molar-refractivity contribution in [1.29, 1.82) is 0 Å². The maximum atomic E-state index is 5.74. The van der Waals surface area contributed by atoms with Crippen molar-refractivity contribution in [3.63, 3.8) is 0 Å². The van der Waals surface area contributed by atoms with E-state index in [0.717, 1.165) is 26.1 Å². The van der Waals surface area contributed by atoms with Crippen LogP contribution in [0.4, 0.5) is 0 Å². The Balaban J connectivity index is 1.08. The van der Waals surface area contributed by atoms with E-state index in [2.05, 4.69) is 97.1 Å². The Labute approximate surface area is 191 Å². The molecule has 0 N–H and O–H groups in total. The topological polar surface area (TPSA) is 18.5 Å². The summed E-state index contributed by atoms with van der Waals surface area (Å²) in [5.41, 5.74) is 7.59. The van der Waals surface area contributed by atoms with Gasteiger partial charge in [-0.2, -0.15) is 0 Å². The average Bonchev–Trinajstić information content (AvgIpc) is 2.87. The van der Waals surface area contributed by atoms with Crippen LogP contribution in [0.25, 0.3) is 22.3 Å². The van der Waals surface area contributed by atoms with Gasteiger partial charge in [-0.1, -0.05) is 109 Å². The van der Waals surface area contributed by atoms with Gasteiger partial charge in [-0.15, -0.1) is 0 Å². The lowest BCUT2D eigenvalue weighted by molar-refractivity contribution is 0.0501. The molecule has 4 aromatic carbocycles. The molecule has 0 bridgehead atoms. The van der Waals surface area contributed by atoms with Crippen LogP contribution in [0.2, 0.25) is 0 Å². The van der Waals surface area contributed by atoms with Crippen LogP contribution in [0.1, 0.15) is 11.1 Å². The molecule has 4 rings (SSSR count). The summed E-state index contributed by atoms with van der Waals surface area (Å²) in [4.78, 5) is 0. The molecular weight excluding hydrogens is 392 g/mol. The Bertz CT molecular complexity index is 951. The van der Waals surface area contributed by atoms with Gasteiger partial charge in [0.25, 0.3) is 0 Å². The van der Waals surface area contributed by atoms with Crippen molar-refractivity contribution in [2.75, 3.05) is 26.4 Å². The van der Waals surface area contributed by atoms with E-state index >= 15 is 0 Å². The first kappa shape index (κ1) is 22.0. The molecule has 0 aliphatic rings. The lowest BCUT2D eigenvalue weighted by Crippen LogP contribution is -2.08. The first-order chi connectivity index (χ1) is 15.9. The highest BCUT2D eigenvalue weighted by molar-refractivity contribution is 5.64. The zero-order valence-corrected chi connectivity index (χ0v) is 18.5. The summed E-state index contributed by atoms with van der Waals surface area (Å²) in [6.45, 7) is 2.70. The molecule has 0 amide bonds. The van der Waals surface area contributed by atoms with Gasteiger partial charge in [-0.25, -0.2) is 0 Å². The Hall–Kier alpha value is -3.20. The molecule has 4 aromatic rings. The molecule has 2 heteroatoms. The van der Waals surface area contributed by atoms with E-state index in [4.69, 9.17) is 9.47 Å². The van der Waals surface area contributed by atoms with Gasteiger partial charge < -0.3 is 9.47 Å². The average molecular weight is 423 g/mol. The number of benzene rings is 4. The molecule has 2 nitrogen and oxygen atoms in total. The Kier molecular flexibility index (Phi) is 8.25. The molecule has 32 heavy (non-hydrogen) atoms. The second-order valence-electron chi connectivity index (χ2n) is 7.85. The predicted octanol–water partition coefficient (Wildman–Crippen LogP) is 6.84. The van der Waals surface area contributed by atoms with Crippen LogP contribution in [-0.2, 0) is 22.3 Å². The van der Waals surface area contributed by atoms with E-state index in [1.54, 1.807) is 0 Å². The summed E-state index contributed by atoms with van der Waals surface area (Å²) in [6.07, 6.45) is 1.84. The van der Waals surface area contributed by atoms with E-state index in [0.29, 0.717) is 13.2 Å². The summed E-state index contributed by atoms with van der Waals surface area (Å²) >= 11 is 0. The highest BCUT2D eigenvalue weighted by Crippen LogP contribution is 2.20. The smallest absolute Gasteiger partial charge is 0.0700 e. The summed E-state index contributed by atoms with van der Waals surface area (Å²) in [6, 6.07) is 38.4. The van der Waals surface area contributed by atoms with Crippen molar-refractivity contribution in [3.8, 4) is 22.3 Å². The van der Waals surface area contributed by atoms with Crippen molar-refractivity contribution in [2.24, 2.45) is 0 Å². The molecule has 0 radical (unpaired) electrons. The van der Waals surface area contributed by atoms with Crippen molar-refractivity contribution in [2.45, 2.75) is 12.8 Å². The van der Waals surface area contributed by atoms with Gasteiger partial charge in [-0.05, 0) is 46.2 Å². The van der Waals surface area contributed by atoms with Gasteiger partial charge in [0.2, 0.25) is 0 Å². The van der Waals surface area contributed by atoms with Gasteiger partial charge in [-0.3, -0.25) is 0 Å². The second kappa shape index (κ2) is 12.0. The molecule has 0 aliphatic heterocycles. The first-order valence-corrected chi connectivity index (χ1v) is 11.3. The third-order valence-electron chi connectivity index (χ3n) is 5.56. The number of ether oxygens (including phenoxy) is 2. The predicted molar refractivity (Wildman–Crippen MR) is 133 cm³/mol. The van der Waals surface area contributed by atoms with E-state index in [-0.39, 0.29) is 0 Å². The van der Waals surface area contributed by atoms with Crippen LogP contribution in [0.5, 0.6) is 0 Å². The van der Waals surface area contributed by atoms with E-state index < -0.39 is 0 Å². The van der Waals surface area contributed by atoms with Crippen LogP contribution in [-0.4, -0.2) is 26.4 Å². The lowest BCUT2D eigenvalue weighted by Gasteiger charge is -2.08. The van der Waals surface area contributed by atoms with Crippen LogP contribution < -0.4 is 0 Å². The summed E-state index contributed by atoms with van der Waals surface area (Å²) in [7, 11) is 0. The van der Waals surface area contributed by atoms with Gasteiger partial charge in [0.05, 0.1) is 26.4 Å². The summed E-state index contributed by atoms with van der Waals surface area (Å²) in [5.74, 6) is 0. The Morgan fingerprint density at radius 2 is 0.688 bits per heavy atom. The minimum atomic E-state index is 0.634. The van der Waals surface area contributed by atoms with Crippen molar-refractivity contribution >= 4 is 0 Å². The van der Waals surface area contributed by atoms with Crippen molar-refractivity contribution in [1.82, 2.24) is 0 Å². The zero-order chi connectivity index (χ0) is 21.8. The molecule has 0 spiro atoms. The maximum absolute atomic E-state index is 5.74. The van der Waals surface area contributed by atoms with Gasteiger partial charge >= 0.3 is 0 Å². The molecule has 0 fully saturated rings. The Morgan fingerprint density at radius 1 is 0.344 bits per heavy atom. The molecule has 0 saturated heterocycles. The van der Waals surface area contributed by atoms with Crippen LogP contribution in [0, 0.1) is 0 Å². The lowest BCUT2D eigenvalue weighted by atomic mass is 10.0. The SMILES string of the molecule is c1ccc(-c2ccc(CCOCCOCCc3ccc(-c4ccccc4)cc3)cc2)cc1. The minimum absolute atomic E-state index is 0.634. The maximum Gasteiger partial charge on any atom is 0.0700 e. The highest BCUT2D eigenvalue weighted by atomic mass is 16.5. The van der Waals surface area contributed by atoms with E-state index in [1.165, 1.54) is 33.4 Å². The monoisotopic (exact) mass is 422 g/mol. The molecule has 0 unspecified atom stereocenters. The number of hydrogen-bond donors (Lipinski definition) is 0. The van der Waals surface area contributed by atoms with Gasteiger partial charge in [0.1, 0.15) is 0 Å². The van der Waals surface area contributed by atoms with Crippen LogP contribution in [0.15, 0.2) is 109 Å². The fourth-order valence-corrected chi connectivity index (χ4v) is 3.69. The molecule has 0 atom stereocenters. The molecule has 162 valence electrons. The first-order valence-electron chi connectivity index (χ1n) is 11.3. The van der Waals surface area contributed by atoms with Crippen molar-refractivity contribution < 1.29 is 9.47 Å². The zero-order valence-electron chi connectivity index (χ0n) is 18.5. The fraction of sp³-hybridized carbons (Fsp3) is 0.200. The largest absolute Gasteiger partial charge is 0.379 e. The van der Waals surface area contributed by atoms with E-state index in [1.807, 2.05) is 12.1 Å². The standard InChI is InChI=1S/C30H30O2/c1-3-7-27(8-4-1)29-15-11-25(12-16-29)19-21-31-23-24-32-22-20-26-13-17-30(18-14-26)28-9-5-2-6-10-28/h1-18H,19-24H2. The van der Waals surface area contributed by atoms with Crippen LogP contribution in [0.3, 0.4) is 0 Å². The van der Waals surface area contributed by atoms with Crippen molar-refractivity contribution in [3.05, 3.63) is 120 Å². The molecule has 0 heterocycles. The number of rotatable bonds is 11. The minimum Gasteiger partial charge on any atom is -0.379 e. The van der Waals surface area contributed by atoms with Crippen LogP contribution >= 0.6 is 0 Å². The molecule has 0 aromatic heterocycles. The number of hydrogen-bond acceptors (Lipinski definition) is 2. The second-order valence-corrected chi connectivity index (χ2v) is 7.85. The highest BCUT2D eigenvalue weighted by Gasteiger charge is 2.00. The Morgan fingerprint density at radius 3 is 1.06 bits per heavy atom. The summed E-state index contributed by atoms with van der Waals surface area (Å²) < 4.78 is 11.5. The summed E-state index contributed by atoms with van der Waals surface area (Å²) in [5, 5.41) is 0. The molecule has 0 saturated carbocycles. The quantitative estimate of drug-likeness (QED) is 0.246. The van der Waals surface area contributed by atoms with E-state index in [9.17, 15) is 0 Å². The third-order valence-corrected chi connectivity index (χ3v) is 5.56. The molecule has 0 aliphatic carbocycles. The normalized spacial score (nSPS) is 10.9. The third kappa shape index (κ3) is 6.65. The fourth-order valence-electron chi connectivity index (χ4n) is 3.69.